The average molecular weight is 351 g/mol. The van der Waals surface area contributed by atoms with Crippen LogP contribution in [0.5, 0.6) is 0 Å². The van der Waals surface area contributed by atoms with E-state index in [1.165, 1.54) is 5.06 Å². The zero-order valence-electron chi connectivity index (χ0n) is 11.3. The zero-order chi connectivity index (χ0) is 15.6. The molecule has 1 atom stereocenters. The third-order valence-electron chi connectivity index (χ3n) is 3.24. The monoisotopic (exact) mass is 350 g/mol. The molecule has 1 amide bonds. The van der Waals surface area contributed by atoms with Gasteiger partial charge in [-0.3, -0.25) is 4.79 Å². The molecule has 0 fully saturated rings. The Morgan fingerprint density at radius 3 is 2.81 bits per heavy atom. The standard InChI is InChI=1S/C15H15BrN2O3/c1-3-11-12(16)5-6-13-15(11)9(2)21-18(13)10(8-19)4-7-14(17)20/h3,5-6,8,10H,1-2,4,7H2,(H2,17,20). The molecule has 1 aliphatic rings. The Kier molecular flexibility index (Phi) is 4.47. The van der Waals surface area contributed by atoms with E-state index in [-0.39, 0.29) is 12.8 Å². The topological polar surface area (TPSA) is 72.6 Å². The summed E-state index contributed by atoms with van der Waals surface area (Å²) in [4.78, 5) is 27.8. The highest BCUT2D eigenvalue weighted by Crippen LogP contribution is 2.42. The molecule has 110 valence electrons. The first-order chi connectivity index (χ1) is 9.99. The van der Waals surface area contributed by atoms with E-state index in [1.807, 2.05) is 12.1 Å². The van der Waals surface area contributed by atoms with Crippen LogP contribution in [-0.2, 0) is 14.4 Å². The van der Waals surface area contributed by atoms with Gasteiger partial charge in [0.05, 0.1) is 11.3 Å². The number of hydrogen-bond acceptors (Lipinski definition) is 4. The van der Waals surface area contributed by atoms with Crippen molar-refractivity contribution < 1.29 is 14.4 Å². The van der Waals surface area contributed by atoms with Crippen LogP contribution in [0.1, 0.15) is 24.0 Å². The summed E-state index contributed by atoms with van der Waals surface area (Å²) in [5.74, 6) is -0.0187. The first-order valence-electron chi connectivity index (χ1n) is 6.34. The van der Waals surface area contributed by atoms with E-state index >= 15 is 0 Å². The minimum absolute atomic E-state index is 0.107. The molecule has 0 aromatic heterocycles. The summed E-state index contributed by atoms with van der Waals surface area (Å²) in [5.41, 5.74) is 7.48. The smallest absolute Gasteiger partial charge is 0.217 e. The van der Waals surface area contributed by atoms with Gasteiger partial charge in [-0.15, -0.1) is 0 Å². The maximum absolute atomic E-state index is 11.3. The van der Waals surface area contributed by atoms with Gasteiger partial charge in [0.2, 0.25) is 5.91 Å². The molecule has 1 heterocycles. The molecule has 1 aromatic rings. The number of rotatable bonds is 6. The number of primary amides is 1. The number of anilines is 1. The summed E-state index contributed by atoms with van der Waals surface area (Å²) >= 11 is 3.44. The molecule has 0 saturated carbocycles. The van der Waals surface area contributed by atoms with Crippen LogP contribution in [0.4, 0.5) is 5.69 Å². The molecule has 6 heteroatoms. The number of carbonyl (C=O) groups excluding carboxylic acids is 2. The summed E-state index contributed by atoms with van der Waals surface area (Å²) in [6, 6.07) is 3.07. The van der Waals surface area contributed by atoms with Gasteiger partial charge >= 0.3 is 0 Å². The summed E-state index contributed by atoms with van der Waals surface area (Å²) in [6.07, 6.45) is 2.82. The van der Waals surface area contributed by atoms with E-state index in [0.717, 1.165) is 27.6 Å². The third-order valence-corrected chi connectivity index (χ3v) is 3.94. The number of carbonyl (C=O) groups is 2. The molecule has 0 aliphatic carbocycles. The molecule has 1 unspecified atom stereocenters. The Hall–Kier alpha value is -2.08. The highest BCUT2D eigenvalue weighted by molar-refractivity contribution is 9.10. The normalized spacial score (nSPS) is 14.3. The van der Waals surface area contributed by atoms with Crippen LogP contribution < -0.4 is 10.8 Å². The predicted molar refractivity (Wildman–Crippen MR) is 85.1 cm³/mol. The Morgan fingerprint density at radius 1 is 1.52 bits per heavy atom. The lowest BCUT2D eigenvalue weighted by atomic mass is 10.0. The largest absolute Gasteiger partial charge is 0.379 e. The van der Waals surface area contributed by atoms with Gasteiger partial charge in [-0.1, -0.05) is 35.2 Å². The van der Waals surface area contributed by atoms with Crippen LogP contribution in [0.25, 0.3) is 11.8 Å². The second-order valence-corrected chi connectivity index (χ2v) is 5.46. The third kappa shape index (κ3) is 2.85. The SMILES string of the molecule is C=Cc1c(Br)ccc2c1C(=C)ON2C(C=O)CCC(N)=O. The van der Waals surface area contributed by atoms with E-state index in [0.29, 0.717) is 5.76 Å². The summed E-state index contributed by atoms with van der Waals surface area (Å²) in [7, 11) is 0. The second kappa shape index (κ2) is 6.13. The zero-order valence-corrected chi connectivity index (χ0v) is 12.9. The fraction of sp³-hybridized carbons (Fsp3) is 0.200. The fourth-order valence-electron chi connectivity index (χ4n) is 2.25. The van der Waals surface area contributed by atoms with Crippen LogP contribution in [0.15, 0.2) is 29.8 Å². The van der Waals surface area contributed by atoms with Gasteiger partial charge in [0.15, 0.2) is 5.76 Å². The van der Waals surface area contributed by atoms with Crippen LogP contribution in [0.3, 0.4) is 0 Å². The van der Waals surface area contributed by atoms with Crippen molar-refractivity contribution in [2.75, 3.05) is 5.06 Å². The molecule has 1 aliphatic heterocycles. The fourth-order valence-corrected chi connectivity index (χ4v) is 2.74. The molecule has 5 nitrogen and oxygen atoms in total. The maximum Gasteiger partial charge on any atom is 0.217 e. The van der Waals surface area contributed by atoms with Crippen LogP contribution >= 0.6 is 15.9 Å². The predicted octanol–water partition coefficient (Wildman–Crippen LogP) is 2.65. The van der Waals surface area contributed by atoms with Gasteiger partial charge in [0.1, 0.15) is 12.3 Å². The van der Waals surface area contributed by atoms with Gasteiger partial charge in [-0.25, -0.2) is 0 Å². The van der Waals surface area contributed by atoms with E-state index in [2.05, 4.69) is 29.1 Å². The molecular weight excluding hydrogens is 336 g/mol. The van der Waals surface area contributed by atoms with Crippen molar-refractivity contribution in [2.24, 2.45) is 5.73 Å². The molecule has 0 saturated heterocycles. The Balaban J connectivity index is 2.39. The lowest BCUT2D eigenvalue weighted by molar-refractivity contribution is -0.118. The molecule has 1 aromatic carbocycles. The number of nitrogens with two attached hydrogens (primary N) is 1. The summed E-state index contributed by atoms with van der Waals surface area (Å²) in [6.45, 7) is 7.64. The molecule has 2 rings (SSSR count). The van der Waals surface area contributed by atoms with Crippen molar-refractivity contribution in [1.82, 2.24) is 0 Å². The second-order valence-electron chi connectivity index (χ2n) is 4.61. The van der Waals surface area contributed by atoms with Gasteiger partial charge in [-0.05, 0) is 18.6 Å². The number of benzene rings is 1. The van der Waals surface area contributed by atoms with Crippen molar-refractivity contribution in [3.63, 3.8) is 0 Å². The van der Waals surface area contributed by atoms with Crippen LogP contribution in [-0.4, -0.2) is 18.2 Å². The van der Waals surface area contributed by atoms with Crippen molar-refractivity contribution in [2.45, 2.75) is 18.9 Å². The van der Waals surface area contributed by atoms with Gasteiger partial charge in [-0.2, -0.15) is 5.06 Å². The quantitative estimate of drug-likeness (QED) is 0.800. The molecular formula is C15H15BrN2O3. The molecule has 0 spiro atoms. The first-order valence-corrected chi connectivity index (χ1v) is 7.14. The maximum atomic E-state index is 11.3. The van der Waals surface area contributed by atoms with Crippen LogP contribution in [0.2, 0.25) is 0 Å². The molecule has 0 radical (unpaired) electrons. The minimum Gasteiger partial charge on any atom is -0.379 e. The number of halogens is 1. The average Bonchev–Trinajstić information content (AvgIpc) is 2.77. The van der Waals surface area contributed by atoms with Crippen molar-refractivity contribution >= 4 is 45.6 Å². The molecule has 0 bridgehead atoms. The Bertz CT molecular complexity index is 628. The van der Waals surface area contributed by atoms with Gasteiger partial charge in [0.25, 0.3) is 0 Å². The van der Waals surface area contributed by atoms with Crippen molar-refractivity contribution in [3.05, 3.63) is 40.9 Å². The summed E-state index contributed by atoms with van der Waals surface area (Å²) in [5, 5.41) is 1.47. The highest BCUT2D eigenvalue weighted by Gasteiger charge is 2.32. The highest BCUT2D eigenvalue weighted by atomic mass is 79.9. The Labute approximate surface area is 131 Å². The van der Waals surface area contributed by atoms with Gasteiger partial charge in [0, 0.05) is 16.5 Å². The lowest BCUT2D eigenvalue weighted by Crippen LogP contribution is -2.34. The lowest BCUT2D eigenvalue weighted by Gasteiger charge is -2.23. The number of nitrogens with zero attached hydrogens (tertiary/aromatic N) is 1. The van der Waals surface area contributed by atoms with Crippen molar-refractivity contribution in [1.29, 1.82) is 0 Å². The van der Waals surface area contributed by atoms with E-state index < -0.39 is 11.9 Å². The molecule has 21 heavy (non-hydrogen) atoms. The number of aldehydes is 1. The van der Waals surface area contributed by atoms with E-state index in [9.17, 15) is 9.59 Å². The van der Waals surface area contributed by atoms with E-state index in [1.54, 1.807) is 6.08 Å². The molecule has 2 N–H and O–H groups in total. The van der Waals surface area contributed by atoms with E-state index in [4.69, 9.17) is 10.6 Å². The number of amides is 1. The number of hydrogen-bond donors (Lipinski definition) is 1. The minimum atomic E-state index is -0.602. The van der Waals surface area contributed by atoms with Crippen molar-refractivity contribution in [3.8, 4) is 0 Å². The summed E-state index contributed by atoms with van der Waals surface area (Å²) < 4.78 is 0.864. The first kappa shape index (κ1) is 15.3. The van der Waals surface area contributed by atoms with Gasteiger partial charge < -0.3 is 15.4 Å². The van der Waals surface area contributed by atoms with Crippen LogP contribution in [0, 0.1) is 0 Å². The Morgan fingerprint density at radius 2 is 2.24 bits per heavy atom. The number of fused-ring (bicyclic) bond motifs is 1. The number of hydroxylamine groups is 1.